The minimum atomic E-state index is -2.60. The van der Waals surface area contributed by atoms with Gasteiger partial charge >= 0.3 is 0 Å². The van der Waals surface area contributed by atoms with Crippen LogP contribution in [0.5, 0.6) is 0 Å². The van der Waals surface area contributed by atoms with Gasteiger partial charge in [0.25, 0.3) is 6.43 Å². The van der Waals surface area contributed by atoms with Crippen molar-refractivity contribution in [3.63, 3.8) is 0 Å². The van der Waals surface area contributed by atoms with Gasteiger partial charge in [-0.05, 0) is 44.6 Å². The average molecular weight is 349 g/mol. The molecule has 0 saturated heterocycles. The molecule has 0 spiro atoms. The third-order valence-electron chi connectivity index (χ3n) is 1.17. The number of pyridine rings is 1. The Bertz CT molecular complexity index is 306. The van der Waals surface area contributed by atoms with Crippen LogP contribution in [0.25, 0.3) is 0 Å². The molecule has 2 nitrogen and oxygen atoms in total. The van der Waals surface area contributed by atoms with Gasteiger partial charge in [-0.1, -0.05) is 0 Å². The van der Waals surface area contributed by atoms with Crippen molar-refractivity contribution in [3.8, 4) is 0 Å². The summed E-state index contributed by atoms with van der Waals surface area (Å²) in [6, 6.07) is 1.52. The van der Waals surface area contributed by atoms with E-state index in [4.69, 9.17) is 5.73 Å². The summed E-state index contributed by atoms with van der Waals surface area (Å²) in [5, 5.41) is 0. The van der Waals surface area contributed by atoms with E-state index in [-0.39, 0.29) is 11.5 Å². The number of rotatable bonds is 1. The first-order chi connectivity index (χ1) is 5.52. The number of halogens is 4. The highest BCUT2D eigenvalue weighted by Gasteiger charge is 2.16. The van der Waals surface area contributed by atoms with Crippen molar-refractivity contribution < 1.29 is 8.78 Å². The molecule has 0 unspecified atom stereocenters. The molecule has 1 aromatic rings. The zero-order valence-corrected chi connectivity index (χ0v) is 9.43. The van der Waals surface area contributed by atoms with Crippen LogP contribution in [-0.4, -0.2) is 4.98 Å². The van der Waals surface area contributed by atoms with E-state index in [1.54, 1.807) is 0 Å². The monoisotopic (exact) mass is 348 g/mol. The molecule has 0 aromatic carbocycles. The van der Waals surface area contributed by atoms with E-state index < -0.39 is 6.43 Å². The van der Waals surface area contributed by atoms with Crippen LogP contribution in [0.4, 0.5) is 14.6 Å². The zero-order valence-electron chi connectivity index (χ0n) is 5.69. The van der Waals surface area contributed by atoms with Crippen molar-refractivity contribution in [2.24, 2.45) is 0 Å². The summed E-state index contributed by atoms with van der Waals surface area (Å²) in [6.07, 6.45) is -2.60. The van der Waals surface area contributed by atoms with Crippen LogP contribution in [0.3, 0.4) is 0 Å². The molecule has 0 amide bonds. The molecule has 1 aromatic heterocycles. The molecule has 12 heavy (non-hydrogen) atoms. The molecule has 0 atom stereocenters. The number of nitrogens with two attached hydrogens (primary N) is 1. The first-order valence-corrected chi connectivity index (χ1v) is 4.79. The molecule has 0 bridgehead atoms. The van der Waals surface area contributed by atoms with Crippen LogP contribution in [0, 0.1) is 3.57 Å². The highest BCUT2D eigenvalue weighted by molar-refractivity contribution is 14.1. The van der Waals surface area contributed by atoms with Gasteiger partial charge in [0.1, 0.15) is 11.5 Å². The van der Waals surface area contributed by atoms with E-state index in [0.29, 0.717) is 8.04 Å². The van der Waals surface area contributed by atoms with Crippen LogP contribution in [0.1, 0.15) is 12.1 Å². The van der Waals surface area contributed by atoms with Gasteiger partial charge in [0.2, 0.25) is 0 Å². The predicted octanol–water partition coefficient (Wildman–Crippen LogP) is 2.97. The lowest BCUT2D eigenvalue weighted by Gasteiger charge is -2.04. The molecule has 0 aliphatic carbocycles. The molecule has 0 saturated carbocycles. The second kappa shape index (κ2) is 3.82. The molecular formula is C6H4BrF2IN2. The fourth-order valence-electron chi connectivity index (χ4n) is 0.681. The number of nitrogen functional groups attached to an aromatic ring is 1. The van der Waals surface area contributed by atoms with Crippen molar-refractivity contribution in [2.75, 3.05) is 5.73 Å². The maximum Gasteiger partial charge on any atom is 0.281 e. The minimum absolute atomic E-state index is 0.109. The Balaban J connectivity index is 3.28. The van der Waals surface area contributed by atoms with E-state index >= 15 is 0 Å². The molecule has 1 heterocycles. The van der Waals surface area contributed by atoms with E-state index in [0.717, 1.165) is 0 Å². The van der Waals surface area contributed by atoms with E-state index in [9.17, 15) is 8.78 Å². The normalized spacial score (nSPS) is 10.8. The van der Waals surface area contributed by atoms with Crippen molar-refractivity contribution in [1.29, 1.82) is 0 Å². The SMILES string of the molecule is Nc1cc(I)c(Br)c(C(F)F)n1. The van der Waals surface area contributed by atoms with Crippen molar-refractivity contribution in [1.82, 2.24) is 4.98 Å². The van der Waals surface area contributed by atoms with Crippen LogP contribution in [0.15, 0.2) is 10.5 Å². The van der Waals surface area contributed by atoms with Crippen LogP contribution >= 0.6 is 38.5 Å². The fourth-order valence-corrected chi connectivity index (χ4v) is 1.65. The average Bonchev–Trinajstić information content (AvgIpc) is 1.96. The van der Waals surface area contributed by atoms with Crippen LogP contribution < -0.4 is 5.73 Å². The lowest BCUT2D eigenvalue weighted by molar-refractivity contribution is 0.145. The summed E-state index contributed by atoms with van der Waals surface area (Å²) >= 11 is 4.92. The van der Waals surface area contributed by atoms with Gasteiger partial charge in [0.15, 0.2) is 0 Å². The van der Waals surface area contributed by atoms with Crippen molar-refractivity contribution in [3.05, 3.63) is 19.8 Å². The highest BCUT2D eigenvalue weighted by atomic mass is 127. The number of nitrogens with zero attached hydrogens (tertiary/aromatic N) is 1. The Morgan fingerprint density at radius 2 is 2.17 bits per heavy atom. The number of aromatic nitrogens is 1. The lowest BCUT2D eigenvalue weighted by atomic mass is 10.3. The topological polar surface area (TPSA) is 38.9 Å². The van der Waals surface area contributed by atoms with Gasteiger partial charge < -0.3 is 5.73 Å². The van der Waals surface area contributed by atoms with Gasteiger partial charge in [-0.25, -0.2) is 13.8 Å². The van der Waals surface area contributed by atoms with Crippen LogP contribution in [0.2, 0.25) is 0 Å². The quantitative estimate of drug-likeness (QED) is 0.792. The van der Waals surface area contributed by atoms with Crippen molar-refractivity contribution >= 4 is 44.3 Å². The molecule has 1 rings (SSSR count). The third kappa shape index (κ3) is 2.03. The highest BCUT2D eigenvalue weighted by Crippen LogP contribution is 2.30. The summed E-state index contributed by atoms with van der Waals surface area (Å²) in [7, 11) is 0. The third-order valence-corrected chi connectivity index (χ3v) is 3.59. The second-order valence-corrected chi connectivity index (χ2v) is 3.98. The molecule has 0 aliphatic heterocycles. The second-order valence-electron chi connectivity index (χ2n) is 2.03. The molecule has 6 heteroatoms. The molecule has 0 radical (unpaired) electrons. The summed E-state index contributed by atoms with van der Waals surface area (Å²) in [5.74, 6) is 0.109. The molecule has 2 N–H and O–H groups in total. The van der Waals surface area contributed by atoms with E-state index in [1.165, 1.54) is 6.07 Å². The number of hydrogen-bond donors (Lipinski definition) is 1. The number of hydrogen-bond acceptors (Lipinski definition) is 2. The van der Waals surface area contributed by atoms with Gasteiger partial charge in [-0.2, -0.15) is 0 Å². The molecule has 0 fully saturated rings. The molecular weight excluding hydrogens is 345 g/mol. The van der Waals surface area contributed by atoms with E-state index in [1.807, 2.05) is 22.6 Å². The Morgan fingerprint density at radius 3 is 2.67 bits per heavy atom. The van der Waals surface area contributed by atoms with Crippen molar-refractivity contribution in [2.45, 2.75) is 6.43 Å². The summed E-state index contributed by atoms with van der Waals surface area (Å²) in [6.45, 7) is 0. The van der Waals surface area contributed by atoms with Gasteiger partial charge in [-0.3, -0.25) is 0 Å². The molecule has 0 aliphatic rings. The number of anilines is 1. The first-order valence-electron chi connectivity index (χ1n) is 2.92. The summed E-state index contributed by atoms with van der Waals surface area (Å²) in [5.41, 5.74) is 4.99. The first kappa shape index (κ1) is 10.1. The van der Waals surface area contributed by atoms with Gasteiger partial charge in [-0.15, -0.1) is 0 Å². The Labute approximate surface area is 89.8 Å². The van der Waals surface area contributed by atoms with Gasteiger partial charge in [0, 0.05) is 3.57 Å². The summed E-state index contributed by atoms with van der Waals surface area (Å²) < 4.78 is 25.4. The van der Waals surface area contributed by atoms with E-state index in [2.05, 4.69) is 20.9 Å². The molecule has 66 valence electrons. The largest absolute Gasteiger partial charge is 0.384 e. The maximum atomic E-state index is 12.2. The smallest absolute Gasteiger partial charge is 0.281 e. The summed E-state index contributed by atoms with van der Waals surface area (Å²) in [4.78, 5) is 3.51. The predicted molar refractivity (Wildman–Crippen MR) is 54.0 cm³/mol. The minimum Gasteiger partial charge on any atom is -0.384 e. The fraction of sp³-hybridized carbons (Fsp3) is 0.167. The Hall–Kier alpha value is 0.0200. The lowest BCUT2D eigenvalue weighted by Crippen LogP contribution is -1.99. The standard InChI is InChI=1S/C6H4BrF2IN2/c7-4-2(10)1-3(11)12-5(4)6(8)9/h1,6H,(H2,11,12). The number of alkyl halides is 2. The Morgan fingerprint density at radius 1 is 1.58 bits per heavy atom. The Kier molecular flexibility index (Phi) is 3.22. The maximum absolute atomic E-state index is 12.2. The zero-order chi connectivity index (χ0) is 9.30. The van der Waals surface area contributed by atoms with Crippen LogP contribution in [-0.2, 0) is 0 Å². The van der Waals surface area contributed by atoms with Gasteiger partial charge in [0.05, 0.1) is 4.47 Å².